The maximum absolute atomic E-state index is 12.3. The van der Waals surface area contributed by atoms with Gasteiger partial charge in [0.15, 0.2) is 6.61 Å². The molecule has 0 aliphatic carbocycles. The Bertz CT molecular complexity index is 757. The summed E-state index contributed by atoms with van der Waals surface area (Å²) >= 11 is 5.86. The van der Waals surface area contributed by atoms with Crippen molar-refractivity contribution in [3.05, 3.63) is 65.2 Å². The largest absolute Gasteiger partial charge is 0.484 e. The molecule has 1 saturated heterocycles. The second-order valence-corrected chi connectivity index (χ2v) is 7.06. The van der Waals surface area contributed by atoms with Gasteiger partial charge < -0.3 is 15.0 Å². The molecule has 1 aliphatic rings. The zero-order chi connectivity index (χ0) is 19.1. The highest BCUT2D eigenvalue weighted by molar-refractivity contribution is 6.30. The van der Waals surface area contributed by atoms with Crippen LogP contribution in [-0.4, -0.2) is 42.5 Å². The van der Waals surface area contributed by atoms with Crippen LogP contribution in [-0.2, 0) is 16.0 Å². The standard InChI is InChI=1S/C21H23ClN2O3/c22-17-8-6-16(7-9-17)14-20(25)23-18-10-12-24(13-11-18)21(26)15-27-19-4-2-1-3-5-19/h1-9,18H,10-15H2,(H,23,25). The molecular formula is C21H23ClN2O3. The summed E-state index contributed by atoms with van der Waals surface area (Å²) in [4.78, 5) is 26.3. The van der Waals surface area contributed by atoms with Crippen LogP contribution in [0.1, 0.15) is 18.4 Å². The molecule has 0 unspecified atom stereocenters. The van der Waals surface area contributed by atoms with Crippen LogP contribution in [0.5, 0.6) is 5.75 Å². The normalized spacial score (nSPS) is 14.6. The van der Waals surface area contributed by atoms with Gasteiger partial charge in [-0.25, -0.2) is 0 Å². The van der Waals surface area contributed by atoms with E-state index in [1.807, 2.05) is 42.5 Å². The fraction of sp³-hybridized carbons (Fsp3) is 0.333. The lowest BCUT2D eigenvalue weighted by molar-refractivity contribution is -0.134. The Kier molecular flexibility index (Phi) is 6.71. The van der Waals surface area contributed by atoms with Crippen molar-refractivity contribution in [1.82, 2.24) is 10.2 Å². The van der Waals surface area contributed by atoms with E-state index in [1.165, 1.54) is 0 Å². The van der Waals surface area contributed by atoms with Gasteiger partial charge >= 0.3 is 0 Å². The molecule has 0 bridgehead atoms. The van der Waals surface area contributed by atoms with Crippen LogP contribution < -0.4 is 10.1 Å². The zero-order valence-corrected chi connectivity index (χ0v) is 15.8. The molecule has 1 fully saturated rings. The first-order chi connectivity index (χ1) is 13.1. The number of likely N-dealkylation sites (tertiary alicyclic amines) is 1. The number of hydrogen-bond acceptors (Lipinski definition) is 3. The van der Waals surface area contributed by atoms with E-state index in [9.17, 15) is 9.59 Å². The van der Waals surface area contributed by atoms with Crippen LogP contribution in [0, 0.1) is 0 Å². The Morgan fingerprint density at radius 3 is 2.37 bits per heavy atom. The first-order valence-electron chi connectivity index (χ1n) is 9.09. The number of halogens is 1. The highest BCUT2D eigenvalue weighted by atomic mass is 35.5. The molecule has 2 aromatic rings. The van der Waals surface area contributed by atoms with Crippen molar-refractivity contribution in [3.8, 4) is 5.75 Å². The zero-order valence-electron chi connectivity index (χ0n) is 15.1. The lowest BCUT2D eigenvalue weighted by atomic mass is 10.0. The predicted molar refractivity (Wildman–Crippen MR) is 105 cm³/mol. The smallest absolute Gasteiger partial charge is 0.260 e. The maximum Gasteiger partial charge on any atom is 0.260 e. The average Bonchev–Trinajstić information content (AvgIpc) is 2.69. The number of amides is 2. The molecule has 6 heteroatoms. The predicted octanol–water partition coefficient (Wildman–Crippen LogP) is 3.07. The molecule has 2 amide bonds. The third-order valence-corrected chi connectivity index (χ3v) is 4.85. The van der Waals surface area contributed by atoms with Crippen molar-refractivity contribution in [3.63, 3.8) is 0 Å². The summed E-state index contributed by atoms with van der Waals surface area (Å²) in [6.45, 7) is 1.29. The summed E-state index contributed by atoms with van der Waals surface area (Å²) < 4.78 is 5.52. The lowest BCUT2D eigenvalue weighted by Crippen LogP contribution is -2.48. The van der Waals surface area contributed by atoms with Gasteiger partial charge in [-0.3, -0.25) is 9.59 Å². The molecule has 1 N–H and O–H groups in total. The van der Waals surface area contributed by atoms with Crippen molar-refractivity contribution in [2.75, 3.05) is 19.7 Å². The quantitative estimate of drug-likeness (QED) is 0.830. The van der Waals surface area contributed by atoms with Gasteiger partial charge in [-0.1, -0.05) is 41.9 Å². The van der Waals surface area contributed by atoms with Crippen LogP contribution in [0.4, 0.5) is 0 Å². The summed E-state index contributed by atoms with van der Waals surface area (Å²) in [7, 11) is 0. The molecule has 27 heavy (non-hydrogen) atoms. The van der Waals surface area contributed by atoms with Crippen LogP contribution in [0.25, 0.3) is 0 Å². The summed E-state index contributed by atoms with van der Waals surface area (Å²) in [5.41, 5.74) is 0.933. The fourth-order valence-corrected chi connectivity index (χ4v) is 3.22. The average molecular weight is 387 g/mol. The molecule has 2 aromatic carbocycles. The molecule has 0 spiro atoms. The lowest BCUT2D eigenvalue weighted by Gasteiger charge is -2.32. The van der Waals surface area contributed by atoms with Crippen molar-refractivity contribution in [1.29, 1.82) is 0 Å². The number of rotatable bonds is 6. The minimum absolute atomic E-state index is 0.00508. The van der Waals surface area contributed by atoms with Gasteiger partial charge in [0.25, 0.3) is 5.91 Å². The number of piperidine rings is 1. The molecule has 5 nitrogen and oxygen atoms in total. The summed E-state index contributed by atoms with van der Waals surface area (Å²) in [6, 6.07) is 16.7. The number of nitrogens with zero attached hydrogens (tertiary/aromatic N) is 1. The maximum atomic E-state index is 12.3. The van der Waals surface area contributed by atoms with Gasteiger partial charge in [0.1, 0.15) is 5.75 Å². The molecule has 0 aromatic heterocycles. The Hall–Kier alpha value is -2.53. The summed E-state index contributed by atoms with van der Waals surface area (Å²) in [6.07, 6.45) is 1.84. The minimum atomic E-state index is -0.0233. The molecule has 0 atom stereocenters. The van der Waals surface area contributed by atoms with Crippen molar-refractivity contribution >= 4 is 23.4 Å². The molecule has 1 heterocycles. The number of nitrogens with one attached hydrogen (secondary N) is 1. The van der Waals surface area contributed by atoms with E-state index in [1.54, 1.807) is 17.0 Å². The van der Waals surface area contributed by atoms with E-state index in [0.717, 1.165) is 18.4 Å². The Morgan fingerprint density at radius 2 is 1.70 bits per heavy atom. The number of carbonyl (C=O) groups excluding carboxylic acids is 2. The molecular weight excluding hydrogens is 364 g/mol. The Balaban J connectivity index is 1.38. The van der Waals surface area contributed by atoms with E-state index < -0.39 is 0 Å². The monoisotopic (exact) mass is 386 g/mol. The van der Waals surface area contributed by atoms with Crippen LogP contribution in [0.3, 0.4) is 0 Å². The second-order valence-electron chi connectivity index (χ2n) is 6.63. The van der Waals surface area contributed by atoms with E-state index >= 15 is 0 Å². The van der Waals surface area contributed by atoms with Gasteiger partial charge in [-0.2, -0.15) is 0 Å². The Labute approximate surface area is 164 Å². The summed E-state index contributed by atoms with van der Waals surface area (Å²) in [5, 5.41) is 3.72. The third-order valence-electron chi connectivity index (χ3n) is 4.60. The number of carbonyl (C=O) groups is 2. The van der Waals surface area contributed by atoms with E-state index in [4.69, 9.17) is 16.3 Å². The highest BCUT2D eigenvalue weighted by Crippen LogP contribution is 2.14. The molecule has 1 aliphatic heterocycles. The number of ether oxygens (including phenoxy) is 1. The van der Waals surface area contributed by atoms with Crippen molar-refractivity contribution in [2.24, 2.45) is 0 Å². The SMILES string of the molecule is O=C(Cc1ccc(Cl)cc1)NC1CCN(C(=O)COc2ccccc2)CC1. The molecule has 3 rings (SSSR count). The Morgan fingerprint density at radius 1 is 1.04 bits per heavy atom. The molecule has 0 radical (unpaired) electrons. The third kappa shape index (κ3) is 6.00. The molecule has 0 saturated carbocycles. The number of benzene rings is 2. The minimum Gasteiger partial charge on any atom is -0.484 e. The van der Waals surface area contributed by atoms with E-state index in [-0.39, 0.29) is 24.5 Å². The van der Waals surface area contributed by atoms with Crippen molar-refractivity contribution < 1.29 is 14.3 Å². The first kappa shape index (κ1) is 19.2. The van der Waals surface area contributed by atoms with Crippen LogP contribution in [0.15, 0.2) is 54.6 Å². The van der Waals surface area contributed by atoms with Gasteiger partial charge in [-0.05, 0) is 42.7 Å². The van der Waals surface area contributed by atoms with Crippen LogP contribution >= 0.6 is 11.6 Å². The van der Waals surface area contributed by atoms with Gasteiger partial charge in [0, 0.05) is 24.2 Å². The fourth-order valence-electron chi connectivity index (χ4n) is 3.09. The van der Waals surface area contributed by atoms with Crippen LogP contribution in [0.2, 0.25) is 5.02 Å². The van der Waals surface area contributed by atoms with Gasteiger partial charge in [-0.15, -0.1) is 0 Å². The number of para-hydroxylation sites is 1. The topological polar surface area (TPSA) is 58.6 Å². The second kappa shape index (κ2) is 9.42. The van der Waals surface area contributed by atoms with E-state index in [2.05, 4.69) is 5.32 Å². The molecule has 142 valence electrons. The number of hydrogen-bond donors (Lipinski definition) is 1. The highest BCUT2D eigenvalue weighted by Gasteiger charge is 2.24. The van der Waals surface area contributed by atoms with Crippen molar-refractivity contribution in [2.45, 2.75) is 25.3 Å². The first-order valence-corrected chi connectivity index (χ1v) is 9.47. The van der Waals surface area contributed by atoms with E-state index in [0.29, 0.717) is 30.3 Å². The van der Waals surface area contributed by atoms with Gasteiger partial charge in [0.05, 0.1) is 6.42 Å². The summed E-state index contributed by atoms with van der Waals surface area (Å²) in [5.74, 6) is 0.662. The van der Waals surface area contributed by atoms with Gasteiger partial charge in [0.2, 0.25) is 5.91 Å².